The van der Waals surface area contributed by atoms with Gasteiger partial charge in [-0.05, 0) is 25.0 Å². The van der Waals surface area contributed by atoms with E-state index in [2.05, 4.69) is 0 Å². The number of sulfone groups is 1. The number of carbonyl (C=O) groups excluding carboxylic acids is 1. The summed E-state index contributed by atoms with van der Waals surface area (Å²) in [6, 6.07) is 4.12. The van der Waals surface area contributed by atoms with Crippen molar-refractivity contribution in [3.63, 3.8) is 0 Å². The molecule has 3 N–H and O–H groups in total. The predicted octanol–water partition coefficient (Wildman–Crippen LogP) is 1.22. The van der Waals surface area contributed by atoms with Crippen LogP contribution in [0.3, 0.4) is 0 Å². The molecule has 0 aromatic heterocycles. The second-order valence-corrected chi connectivity index (χ2v) is 7.74. The number of carboxylic acid groups (broad SMARTS) is 1. The van der Waals surface area contributed by atoms with E-state index in [-0.39, 0.29) is 29.9 Å². The van der Waals surface area contributed by atoms with Crippen molar-refractivity contribution in [2.75, 3.05) is 14.2 Å². The van der Waals surface area contributed by atoms with Crippen molar-refractivity contribution in [1.29, 1.82) is 0 Å². The smallest absolute Gasteiger partial charge is 0.303 e. The fourth-order valence-electron chi connectivity index (χ4n) is 2.48. The van der Waals surface area contributed by atoms with Gasteiger partial charge < -0.3 is 20.3 Å². The largest absolute Gasteiger partial charge is 0.493 e. The summed E-state index contributed by atoms with van der Waals surface area (Å²) in [5.41, 5.74) is 5.28. The van der Waals surface area contributed by atoms with Crippen LogP contribution in [0.1, 0.15) is 26.2 Å². The number of methoxy groups -OCH3 is 2. The van der Waals surface area contributed by atoms with Gasteiger partial charge in [-0.3, -0.25) is 9.59 Å². The molecule has 0 aliphatic heterocycles. The monoisotopic (exact) mass is 373 g/mol. The lowest BCUT2D eigenvalue weighted by molar-refractivity contribution is -0.137. The average Bonchev–Trinajstić information content (AvgIpc) is 2.56. The Bertz CT molecular complexity index is 730. The van der Waals surface area contributed by atoms with Crippen molar-refractivity contribution < 1.29 is 32.6 Å². The van der Waals surface area contributed by atoms with Crippen LogP contribution in [0.2, 0.25) is 0 Å². The zero-order valence-corrected chi connectivity index (χ0v) is 15.2. The Kier molecular flexibility index (Phi) is 7.22. The zero-order valence-electron chi connectivity index (χ0n) is 14.4. The number of carbonyl (C=O) groups is 2. The number of hydrogen-bond donors (Lipinski definition) is 2. The number of aliphatic carboxylic acids is 1. The van der Waals surface area contributed by atoms with Gasteiger partial charge in [0.05, 0.1) is 30.3 Å². The molecule has 2 atom stereocenters. The molecule has 0 unspecified atom stereocenters. The summed E-state index contributed by atoms with van der Waals surface area (Å²) in [4.78, 5) is 22.2. The highest BCUT2D eigenvalue weighted by atomic mass is 32.2. The molecule has 0 bridgehead atoms. The molecule has 0 saturated heterocycles. The standard InChI is InChI=1S/C16H23NO7S/c1-10(16(17)20)14(5-4-6-15(18)19)25(21,22)11-7-8-12(23-2)13(9-11)24-3/h7-10,14H,4-6H2,1-3H3,(H2,17,20)(H,18,19)/t10-,14+/m1/s1. The number of nitrogens with two attached hydrogens (primary N) is 1. The first-order chi connectivity index (χ1) is 11.6. The third-order valence-electron chi connectivity index (χ3n) is 3.97. The summed E-state index contributed by atoms with van der Waals surface area (Å²) in [6.45, 7) is 1.42. The van der Waals surface area contributed by atoms with E-state index in [1.165, 1.54) is 39.3 Å². The lowest BCUT2D eigenvalue weighted by Gasteiger charge is -2.22. The van der Waals surface area contributed by atoms with Crippen LogP contribution < -0.4 is 15.2 Å². The minimum atomic E-state index is -3.93. The second-order valence-electron chi connectivity index (χ2n) is 5.58. The first kappa shape index (κ1) is 20.8. The Morgan fingerprint density at radius 2 is 1.80 bits per heavy atom. The van der Waals surface area contributed by atoms with Crippen LogP contribution in [0.15, 0.2) is 23.1 Å². The van der Waals surface area contributed by atoms with Crippen LogP contribution in [0.25, 0.3) is 0 Å². The number of benzene rings is 1. The zero-order chi connectivity index (χ0) is 19.2. The molecule has 1 rings (SSSR count). The van der Waals surface area contributed by atoms with E-state index in [1.807, 2.05) is 0 Å². The maximum Gasteiger partial charge on any atom is 0.303 e. The summed E-state index contributed by atoms with van der Waals surface area (Å²) < 4.78 is 36.1. The number of amides is 1. The van der Waals surface area contributed by atoms with Gasteiger partial charge in [0, 0.05) is 12.5 Å². The molecule has 0 heterocycles. The molecule has 9 heteroatoms. The normalized spacial score (nSPS) is 13.7. The predicted molar refractivity (Wildman–Crippen MR) is 90.4 cm³/mol. The summed E-state index contributed by atoms with van der Waals surface area (Å²) in [6.07, 6.45) is -0.0688. The van der Waals surface area contributed by atoms with Crippen LogP contribution in [0.5, 0.6) is 11.5 Å². The third-order valence-corrected chi connectivity index (χ3v) is 6.32. The Labute approximate surface area is 146 Å². The average molecular weight is 373 g/mol. The van der Waals surface area contributed by atoms with Gasteiger partial charge in [0.15, 0.2) is 21.3 Å². The third kappa shape index (κ3) is 5.09. The minimum absolute atomic E-state index is 0.00703. The van der Waals surface area contributed by atoms with Crippen molar-refractivity contribution in [2.45, 2.75) is 36.3 Å². The summed E-state index contributed by atoms with van der Waals surface area (Å²) in [5.74, 6) is -2.16. The molecule has 0 aliphatic rings. The van der Waals surface area contributed by atoms with Crippen LogP contribution >= 0.6 is 0 Å². The molecule has 0 fully saturated rings. The van der Waals surface area contributed by atoms with Gasteiger partial charge in [-0.15, -0.1) is 0 Å². The van der Waals surface area contributed by atoms with Crippen LogP contribution in [-0.2, 0) is 19.4 Å². The van der Waals surface area contributed by atoms with Crippen molar-refractivity contribution in [2.24, 2.45) is 11.7 Å². The van der Waals surface area contributed by atoms with E-state index < -0.39 is 32.9 Å². The molecule has 8 nitrogen and oxygen atoms in total. The molecule has 1 aromatic carbocycles. The fourth-order valence-corrected chi connectivity index (χ4v) is 4.51. The van der Waals surface area contributed by atoms with Gasteiger partial charge in [0.2, 0.25) is 5.91 Å². The van der Waals surface area contributed by atoms with Crippen LogP contribution in [-0.4, -0.2) is 44.9 Å². The quantitative estimate of drug-likeness (QED) is 0.630. The van der Waals surface area contributed by atoms with Gasteiger partial charge in [0.25, 0.3) is 0 Å². The molecule has 0 spiro atoms. The Morgan fingerprint density at radius 3 is 2.28 bits per heavy atom. The van der Waals surface area contributed by atoms with Crippen molar-refractivity contribution in [1.82, 2.24) is 0 Å². The summed E-state index contributed by atoms with van der Waals surface area (Å²) >= 11 is 0. The van der Waals surface area contributed by atoms with E-state index in [9.17, 15) is 18.0 Å². The molecule has 1 aromatic rings. The van der Waals surface area contributed by atoms with E-state index in [1.54, 1.807) is 0 Å². The molecule has 0 saturated carbocycles. The molecule has 140 valence electrons. The molecule has 0 aliphatic carbocycles. The Balaban J connectivity index is 3.25. The highest BCUT2D eigenvalue weighted by Crippen LogP contribution is 2.33. The number of ether oxygens (including phenoxy) is 2. The van der Waals surface area contributed by atoms with Gasteiger partial charge in [-0.1, -0.05) is 6.92 Å². The fraction of sp³-hybridized carbons (Fsp3) is 0.500. The van der Waals surface area contributed by atoms with Gasteiger partial charge in [-0.2, -0.15) is 0 Å². The topological polar surface area (TPSA) is 133 Å². The molecular weight excluding hydrogens is 350 g/mol. The van der Waals surface area contributed by atoms with Crippen molar-refractivity contribution in [3.05, 3.63) is 18.2 Å². The second kappa shape index (κ2) is 8.70. The maximum absolute atomic E-state index is 13.0. The molecule has 1 amide bonds. The van der Waals surface area contributed by atoms with E-state index in [0.717, 1.165) is 0 Å². The Hall–Kier alpha value is -2.29. The number of primary amides is 1. The van der Waals surface area contributed by atoms with Crippen LogP contribution in [0, 0.1) is 5.92 Å². The number of rotatable bonds is 10. The van der Waals surface area contributed by atoms with Gasteiger partial charge in [0.1, 0.15) is 0 Å². The first-order valence-corrected chi connectivity index (χ1v) is 9.16. The molecular formula is C16H23NO7S. The first-order valence-electron chi connectivity index (χ1n) is 7.62. The number of carboxylic acids is 1. The van der Waals surface area contributed by atoms with E-state index >= 15 is 0 Å². The lowest BCUT2D eigenvalue weighted by atomic mass is 10.0. The minimum Gasteiger partial charge on any atom is -0.493 e. The van der Waals surface area contributed by atoms with Gasteiger partial charge >= 0.3 is 5.97 Å². The molecule has 0 radical (unpaired) electrons. The Morgan fingerprint density at radius 1 is 1.20 bits per heavy atom. The SMILES string of the molecule is COc1ccc(S(=O)(=O)[C@@H](CCCC(=O)O)[C@@H](C)C(N)=O)cc1OC. The van der Waals surface area contributed by atoms with Crippen molar-refractivity contribution in [3.8, 4) is 11.5 Å². The molecule has 25 heavy (non-hydrogen) atoms. The maximum atomic E-state index is 13.0. The van der Waals surface area contributed by atoms with Crippen LogP contribution in [0.4, 0.5) is 0 Å². The number of hydrogen-bond acceptors (Lipinski definition) is 6. The van der Waals surface area contributed by atoms with Crippen molar-refractivity contribution >= 4 is 21.7 Å². The highest BCUT2D eigenvalue weighted by Gasteiger charge is 2.35. The van der Waals surface area contributed by atoms with E-state index in [0.29, 0.717) is 5.75 Å². The highest BCUT2D eigenvalue weighted by molar-refractivity contribution is 7.92. The summed E-state index contributed by atoms with van der Waals surface area (Å²) in [5, 5.41) is 7.63. The lowest BCUT2D eigenvalue weighted by Crippen LogP contribution is -2.37. The van der Waals surface area contributed by atoms with E-state index in [4.69, 9.17) is 20.3 Å². The van der Waals surface area contributed by atoms with Gasteiger partial charge in [-0.25, -0.2) is 8.42 Å². The summed E-state index contributed by atoms with van der Waals surface area (Å²) in [7, 11) is -1.12.